The summed E-state index contributed by atoms with van der Waals surface area (Å²) >= 11 is 0. The van der Waals surface area contributed by atoms with Crippen molar-refractivity contribution >= 4 is 11.8 Å². The predicted molar refractivity (Wildman–Crippen MR) is 86.8 cm³/mol. The average molecular weight is 324 g/mol. The molecule has 0 radical (unpaired) electrons. The summed E-state index contributed by atoms with van der Waals surface area (Å²) in [5.41, 5.74) is 5.71. The van der Waals surface area contributed by atoms with Crippen LogP contribution in [0.2, 0.25) is 0 Å². The van der Waals surface area contributed by atoms with Crippen molar-refractivity contribution in [3.05, 3.63) is 24.0 Å². The largest absolute Gasteiger partial charge is 0.491 e. The van der Waals surface area contributed by atoms with Gasteiger partial charge in [-0.2, -0.15) is 0 Å². The maximum Gasteiger partial charge on any atom is 0.410 e. The van der Waals surface area contributed by atoms with E-state index in [1.54, 1.807) is 4.90 Å². The molecule has 0 unspecified atom stereocenters. The number of likely N-dealkylation sites (tertiary alicyclic amines) is 1. The summed E-state index contributed by atoms with van der Waals surface area (Å²) in [6.07, 6.45) is 1.38. The zero-order chi connectivity index (χ0) is 17.0. The number of benzene rings is 1. The molecule has 1 aliphatic heterocycles. The normalized spacial score (nSPS) is 16.3. The summed E-state index contributed by atoms with van der Waals surface area (Å²) in [6, 6.07) is 4.10. The molecule has 0 saturated carbocycles. The second-order valence-electron chi connectivity index (χ2n) is 6.90. The van der Waals surface area contributed by atoms with Crippen LogP contribution in [0.1, 0.15) is 33.6 Å². The highest BCUT2D eigenvalue weighted by atomic mass is 19.1. The van der Waals surface area contributed by atoms with Crippen LogP contribution in [0, 0.1) is 11.7 Å². The molecule has 0 bridgehead atoms. The number of halogens is 1. The van der Waals surface area contributed by atoms with Crippen molar-refractivity contribution in [2.75, 3.05) is 25.4 Å². The number of nitrogen functional groups attached to an aromatic ring is 1. The van der Waals surface area contributed by atoms with Gasteiger partial charge < -0.3 is 20.1 Å². The number of nitrogens with two attached hydrogens (primary N) is 1. The van der Waals surface area contributed by atoms with Crippen LogP contribution in [-0.4, -0.2) is 36.3 Å². The van der Waals surface area contributed by atoms with Crippen molar-refractivity contribution in [3.63, 3.8) is 0 Å². The highest BCUT2D eigenvalue weighted by Gasteiger charge is 2.27. The lowest BCUT2D eigenvalue weighted by Crippen LogP contribution is -2.42. The molecule has 1 fully saturated rings. The summed E-state index contributed by atoms with van der Waals surface area (Å²) in [5.74, 6) is 0.324. The highest BCUT2D eigenvalue weighted by Crippen LogP contribution is 2.25. The Morgan fingerprint density at radius 1 is 1.35 bits per heavy atom. The molecule has 0 spiro atoms. The molecule has 1 aliphatic rings. The van der Waals surface area contributed by atoms with Crippen molar-refractivity contribution in [3.8, 4) is 5.75 Å². The molecular weight excluding hydrogens is 299 g/mol. The van der Waals surface area contributed by atoms with Gasteiger partial charge in [0.25, 0.3) is 0 Å². The van der Waals surface area contributed by atoms with Crippen LogP contribution in [0.5, 0.6) is 5.75 Å². The third kappa shape index (κ3) is 5.30. The lowest BCUT2D eigenvalue weighted by Gasteiger charge is -2.33. The van der Waals surface area contributed by atoms with Crippen molar-refractivity contribution < 1.29 is 18.7 Å². The second kappa shape index (κ2) is 7.06. The molecule has 1 amide bonds. The van der Waals surface area contributed by atoms with E-state index in [9.17, 15) is 9.18 Å². The van der Waals surface area contributed by atoms with Gasteiger partial charge in [0, 0.05) is 19.2 Å². The van der Waals surface area contributed by atoms with E-state index in [4.69, 9.17) is 15.2 Å². The van der Waals surface area contributed by atoms with Gasteiger partial charge in [-0.3, -0.25) is 0 Å². The SMILES string of the molecule is CC(C)(C)OC(=O)N1CCC(COc2cc(F)ccc2N)CC1. The van der Waals surface area contributed by atoms with Gasteiger partial charge in [0.2, 0.25) is 0 Å². The smallest absolute Gasteiger partial charge is 0.410 e. The highest BCUT2D eigenvalue weighted by molar-refractivity contribution is 5.68. The number of amides is 1. The van der Waals surface area contributed by atoms with E-state index < -0.39 is 5.60 Å². The minimum Gasteiger partial charge on any atom is -0.491 e. The number of carbonyl (C=O) groups excluding carboxylic acids is 1. The Kier molecular flexibility index (Phi) is 5.34. The molecule has 1 aromatic carbocycles. The molecule has 5 nitrogen and oxygen atoms in total. The zero-order valence-corrected chi connectivity index (χ0v) is 14.0. The van der Waals surface area contributed by atoms with Gasteiger partial charge in [0.05, 0.1) is 12.3 Å². The number of anilines is 1. The van der Waals surface area contributed by atoms with Gasteiger partial charge in [-0.05, 0) is 51.7 Å². The quantitative estimate of drug-likeness (QED) is 0.865. The Morgan fingerprint density at radius 3 is 2.61 bits per heavy atom. The first-order valence-electron chi connectivity index (χ1n) is 7.90. The fourth-order valence-electron chi connectivity index (χ4n) is 2.45. The topological polar surface area (TPSA) is 64.8 Å². The summed E-state index contributed by atoms with van der Waals surface area (Å²) in [5, 5.41) is 0. The Hall–Kier alpha value is -1.98. The van der Waals surface area contributed by atoms with Crippen molar-refractivity contribution in [2.45, 2.75) is 39.2 Å². The minimum absolute atomic E-state index is 0.272. The number of nitrogens with zero attached hydrogens (tertiary/aromatic N) is 1. The first-order valence-corrected chi connectivity index (χ1v) is 7.90. The number of hydrogen-bond donors (Lipinski definition) is 1. The van der Waals surface area contributed by atoms with Crippen LogP contribution in [0.25, 0.3) is 0 Å². The van der Waals surface area contributed by atoms with Crippen molar-refractivity contribution in [1.82, 2.24) is 4.90 Å². The fraction of sp³-hybridized carbons (Fsp3) is 0.588. The Balaban J connectivity index is 1.79. The monoisotopic (exact) mass is 324 g/mol. The molecule has 0 aliphatic carbocycles. The number of piperidine rings is 1. The van der Waals surface area contributed by atoms with Gasteiger partial charge in [0.1, 0.15) is 17.2 Å². The summed E-state index contributed by atoms with van der Waals surface area (Å²) in [4.78, 5) is 13.7. The molecule has 0 aromatic heterocycles. The van der Waals surface area contributed by atoms with E-state index in [0.717, 1.165) is 12.8 Å². The van der Waals surface area contributed by atoms with Crippen LogP contribution in [-0.2, 0) is 4.74 Å². The maximum absolute atomic E-state index is 13.2. The fourth-order valence-corrected chi connectivity index (χ4v) is 2.45. The van der Waals surface area contributed by atoms with Crippen LogP contribution in [0.3, 0.4) is 0 Å². The van der Waals surface area contributed by atoms with E-state index in [-0.39, 0.29) is 11.9 Å². The number of ether oxygens (including phenoxy) is 2. The molecule has 1 saturated heterocycles. The van der Waals surface area contributed by atoms with E-state index in [1.165, 1.54) is 18.2 Å². The number of hydrogen-bond acceptors (Lipinski definition) is 4. The molecule has 23 heavy (non-hydrogen) atoms. The molecular formula is C17H25FN2O3. The molecule has 6 heteroatoms. The van der Waals surface area contributed by atoms with Crippen LogP contribution in [0.15, 0.2) is 18.2 Å². The minimum atomic E-state index is -0.480. The van der Waals surface area contributed by atoms with Gasteiger partial charge in [-0.15, -0.1) is 0 Å². The van der Waals surface area contributed by atoms with Crippen molar-refractivity contribution in [1.29, 1.82) is 0 Å². The first-order chi connectivity index (χ1) is 10.7. The predicted octanol–water partition coefficient (Wildman–Crippen LogP) is 3.43. The van der Waals surface area contributed by atoms with E-state index in [2.05, 4.69) is 0 Å². The van der Waals surface area contributed by atoms with Crippen molar-refractivity contribution in [2.24, 2.45) is 5.92 Å². The third-order valence-electron chi connectivity index (χ3n) is 3.72. The summed E-state index contributed by atoms with van der Waals surface area (Å²) in [7, 11) is 0. The third-order valence-corrected chi connectivity index (χ3v) is 3.72. The lowest BCUT2D eigenvalue weighted by atomic mass is 9.98. The summed E-state index contributed by atoms with van der Waals surface area (Å²) in [6.45, 7) is 7.32. The Bertz CT molecular complexity index is 549. The molecule has 2 N–H and O–H groups in total. The molecule has 1 aromatic rings. The molecule has 0 atom stereocenters. The Morgan fingerprint density at radius 2 is 2.00 bits per heavy atom. The Labute approximate surface area is 136 Å². The van der Waals surface area contributed by atoms with E-state index in [0.29, 0.717) is 37.1 Å². The molecule has 128 valence electrons. The van der Waals surface area contributed by atoms with E-state index >= 15 is 0 Å². The number of carbonyl (C=O) groups is 1. The maximum atomic E-state index is 13.2. The second-order valence-corrected chi connectivity index (χ2v) is 6.90. The summed E-state index contributed by atoms with van der Waals surface area (Å²) < 4.78 is 24.2. The van der Waals surface area contributed by atoms with Gasteiger partial charge >= 0.3 is 6.09 Å². The van der Waals surface area contributed by atoms with E-state index in [1.807, 2.05) is 20.8 Å². The van der Waals surface area contributed by atoms with Gasteiger partial charge in [-0.1, -0.05) is 0 Å². The first kappa shape index (κ1) is 17.4. The van der Waals surface area contributed by atoms with Crippen LogP contribution < -0.4 is 10.5 Å². The van der Waals surface area contributed by atoms with Gasteiger partial charge in [0.15, 0.2) is 0 Å². The number of rotatable bonds is 3. The average Bonchev–Trinajstić information content (AvgIpc) is 2.47. The van der Waals surface area contributed by atoms with Crippen LogP contribution in [0.4, 0.5) is 14.9 Å². The van der Waals surface area contributed by atoms with Crippen LogP contribution >= 0.6 is 0 Å². The van der Waals surface area contributed by atoms with Gasteiger partial charge in [-0.25, -0.2) is 9.18 Å². The zero-order valence-electron chi connectivity index (χ0n) is 14.0. The molecule has 1 heterocycles. The molecule has 2 rings (SSSR count). The lowest BCUT2D eigenvalue weighted by molar-refractivity contribution is 0.0165. The standard InChI is InChI=1S/C17H25FN2O3/c1-17(2,3)23-16(21)20-8-6-12(7-9-20)11-22-15-10-13(18)4-5-14(15)19/h4-5,10,12H,6-9,11,19H2,1-3H3.